The van der Waals surface area contributed by atoms with Gasteiger partial charge in [-0.1, -0.05) is 24.3 Å². The number of methoxy groups -OCH3 is 3. The maximum absolute atomic E-state index is 12.7. The molecule has 5 aromatic carbocycles. The zero-order valence-electron chi connectivity index (χ0n) is 33.4. The molecule has 9 rings (SSSR count). The predicted molar refractivity (Wildman–Crippen MR) is 220 cm³/mol. The van der Waals surface area contributed by atoms with Crippen LogP contribution in [0.1, 0.15) is 62.2 Å². The van der Waals surface area contributed by atoms with Crippen molar-refractivity contribution in [3.05, 3.63) is 130 Å². The number of carbonyl (C=O) groups is 1. The molecule has 0 aliphatic carbocycles. The smallest absolute Gasteiger partial charge is 0.251 e. The molecule has 0 fully saturated rings. The Hall–Kier alpha value is -5.71. The third-order valence-electron chi connectivity index (χ3n) is 11.5. The van der Waals surface area contributed by atoms with E-state index in [4.69, 9.17) is 28.4 Å². The summed E-state index contributed by atoms with van der Waals surface area (Å²) in [6, 6.07) is 30.5. The van der Waals surface area contributed by atoms with E-state index < -0.39 is 0 Å². The molecular weight excluding hydrogens is 719 g/mol. The lowest BCUT2D eigenvalue weighted by atomic mass is 9.87. The van der Waals surface area contributed by atoms with E-state index in [0.29, 0.717) is 66.1 Å². The van der Waals surface area contributed by atoms with Gasteiger partial charge in [0.25, 0.3) is 5.91 Å². The predicted octanol–water partition coefficient (Wildman–Crippen LogP) is 8.35. The van der Waals surface area contributed by atoms with Gasteiger partial charge in [0.05, 0.1) is 27.9 Å². The summed E-state index contributed by atoms with van der Waals surface area (Å²) in [5, 5.41) is 2.99. The Kier molecular flexibility index (Phi) is 11.2. The molecule has 0 spiro atoms. The molecule has 57 heavy (non-hydrogen) atoms. The summed E-state index contributed by atoms with van der Waals surface area (Å²) >= 11 is 0. The molecule has 4 aliphatic heterocycles. The number of rotatable bonds is 9. The summed E-state index contributed by atoms with van der Waals surface area (Å²) in [4.78, 5) is 17.5. The Morgan fingerprint density at radius 2 is 1.44 bits per heavy atom. The molecule has 6 bridgehead atoms. The number of fused-ring (bicyclic) bond motifs is 2. The normalized spacial score (nSPS) is 17.6. The van der Waals surface area contributed by atoms with Crippen LogP contribution in [0.15, 0.2) is 91.0 Å². The molecule has 10 nitrogen and oxygen atoms in total. The van der Waals surface area contributed by atoms with Crippen LogP contribution in [0.25, 0.3) is 0 Å². The standard InChI is InChI=1S/C47H51N3O7/c1-49-22-19-32-10-17-37-29-38(32)39(49)25-30-7-13-36(14-8-30)56-42-27-31(9-18-41(42)55-24-6-21-48-47(51)33-11-15-35(52-3)16-12-33)26-40-44-34(20-23-50(40)2)28-43(53-4)45(54-5)46(44)57-37/h7-18,27-29,39-40H,6,19-26H2,1-5H3,(H,48,51)/t39-,40+/m0/s1. The zero-order chi connectivity index (χ0) is 39.5. The molecular formula is C47H51N3O7. The Balaban J connectivity index is 1.13. The largest absolute Gasteiger partial charge is 0.497 e. The van der Waals surface area contributed by atoms with E-state index in [1.807, 2.05) is 18.2 Å². The molecule has 1 N–H and O–H groups in total. The number of ether oxygens (including phenoxy) is 6. The number of carbonyl (C=O) groups excluding carboxylic acids is 1. The van der Waals surface area contributed by atoms with Gasteiger partial charge in [-0.15, -0.1) is 0 Å². The van der Waals surface area contributed by atoms with E-state index in [9.17, 15) is 4.79 Å². The number of hydrogen-bond acceptors (Lipinski definition) is 9. The fourth-order valence-corrected chi connectivity index (χ4v) is 8.33. The highest BCUT2D eigenvalue weighted by Gasteiger charge is 2.34. The number of nitrogens with one attached hydrogen (secondary N) is 1. The molecule has 0 unspecified atom stereocenters. The average Bonchev–Trinajstić information content (AvgIpc) is 3.23. The van der Waals surface area contributed by atoms with Gasteiger partial charge in [0.2, 0.25) is 5.75 Å². The molecule has 2 atom stereocenters. The molecule has 0 radical (unpaired) electrons. The highest BCUT2D eigenvalue weighted by molar-refractivity contribution is 5.94. The monoisotopic (exact) mass is 769 g/mol. The van der Waals surface area contributed by atoms with Gasteiger partial charge in [-0.25, -0.2) is 0 Å². The van der Waals surface area contributed by atoms with Crippen LogP contribution in [0.5, 0.6) is 46.0 Å². The van der Waals surface area contributed by atoms with Crippen molar-refractivity contribution in [3.63, 3.8) is 0 Å². The second-order valence-electron chi connectivity index (χ2n) is 15.1. The first kappa shape index (κ1) is 38.2. The Morgan fingerprint density at radius 1 is 0.719 bits per heavy atom. The van der Waals surface area contributed by atoms with Crippen molar-refractivity contribution in [3.8, 4) is 46.0 Å². The minimum Gasteiger partial charge on any atom is -0.497 e. The van der Waals surface area contributed by atoms with Crippen LogP contribution >= 0.6 is 0 Å². The first-order chi connectivity index (χ1) is 27.8. The summed E-state index contributed by atoms with van der Waals surface area (Å²) in [5.74, 6) is 5.31. The van der Waals surface area contributed by atoms with Gasteiger partial charge in [-0.05, 0) is 141 Å². The van der Waals surface area contributed by atoms with Gasteiger partial charge in [0, 0.05) is 42.8 Å². The molecule has 0 aromatic heterocycles. The van der Waals surface area contributed by atoms with Gasteiger partial charge in [0.1, 0.15) is 17.2 Å². The van der Waals surface area contributed by atoms with Crippen LogP contribution in [0.2, 0.25) is 0 Å². The maximum atomic E-state index is 12.7. The maximum Gasteiger partial charge on any atom is 0.251 e. The lowest BCUT2D eigenvalue weighted by Gasteiger charge is -2.37. The van der Waals surface area contributed by atoms with Crippen LogP contribution in [0.4, 0.5) is 0 Å². The van der Waals surface area contributed by atoms with Crippen LogP contribution in [-0.2, 0) is 25.7 Å². The molecule has 1 amide bonds. The minimum atomic E-state index is -0.136. The highest BCUT2D eigenvalue weighted by atomic mass is 16.5. The topological polar surface area (TPSA) is 91.0 Å². The summed E-state index contributed by atoms with van der Waals surface area (Å²) in [7, 11) is 9.34. The summed E-state index contributed by atoms with van der Waals surface area (Å²) < 4.78 is 37.2. The molecule has 296 valence electrons. The van der Waals surface area contributed by atoms with Crippen LogP contribution in [-0.4, -0.2) is 77.4 Å². The van der Waals surface area contributed by atoms with Gasteiger partial charge >= 0.3 is 0 Å². The molecule has 5 aromatic rings. The second-order valence-corrected chi connectivity index (χ2v) is 15.1. The third kappa shape index (κ3) is 8.10. The van der Waals surface area contributed by atoms with Gasteiger partial charge in [-0.2, -0.15) is 0 Å². The number of likely N-dealkylation sites (N-methyl/N-ethyl adjacent to an activating group) is 2. The van der Waals surface area contributed by atoms with Crippen molar-refractivity contribution in [2.75, 3.05) is 61.7 Å². The van der Waals surface area contributed by atoms with Crippen LogP contribution < -0.4 is 33.7 Å². The SMILES string of the molecule is COc1ccc(C(=O)NCCCOc2ccc3cc2Oc2ccc(cc2)C[C@H]2c4cc(ccc4CCN2C)Oc2c(OC)c(OC)cc4c2[C@@H](C3)N(C)CC4)cc1. The number of hydrogen-bond donors (Lipinski definition) is 1. The van der Waals surface area contributed by atoms with Crippen molar-refractivity contribution in [1.29, 1.82) is 0 Å². The molecule has 4 heterocycles. The van der Waals surface area contributed by atoms with Crippen LogP contribution in [0.3, 0.4) is 0 Å². The molecule has 10 heteroatoms. The second kappa shape index (κ2) is 16.8. The molecule has 0 saturated heterocycles. The van der Waals surface area contributed by atoms with Crippen molar-refractivity contribution in [1.82, 2.24) is 15.1 Å². The molecule has 0 saturated carbocycles. The minimum absolute atomic E-state index is 0.0211. The summed E-state index contributed by atoms with van der Waals surface area (Å²) in [6.45, 7) is 2.73. The highest BCUT2D eigenvalue weighted by Crippen LogP contribution is 2.50. The van der Waals surface area contributed by atoms with Crippen molar-refractivity contribution >= 4 is 5.91 Å². The summed E-state index contributed by atoms with van der Waals surface area (Å²) in [6.07, 6.45) is 4.00. The quantitative estimate of drug-likeness (QED) is 0.149. The van der Waals surface area contributed by atoms with Gasteiger partial charge < -0.3 is 33.7 Å². The number of nitrogens with zero attached hydrogens (tertiary/aromatic N) is 2. The van der Waals surface area contributed by atoms with Gasteiger partial charge in [-0.3, -0.25) is 14.6 Å². The summed E-state index contributed by atoms with van der Waals surface area (Å²) in [5.41, 5.74) is 7.81. The van der Waals surface area contributed by atoms with E-state index in [0.717, 1.165) is 55.0 Å². The molecule has 4 aliphatic rings. The fraction of sp³-hybridized carbons (Fsp3) is 0.340. The van der Waals surface area contributed by atoms with Crippen LogP contribution in [0, 0.1) is 0 Å². The third-order valence-corrected chi connectivity index (χ3v) is 11.5. The van der Waals surface area contributed by atoms with Crippen molar-refractivity contribution < 1.29 is 33.2 Å². The number of benzene rings is 5. The average molecular weight is 770 g/mol. The number of amides is 1. The Labute approximate surface area is 335 Å². The fourth-order valence-electron chi connectivity index (χ4n) is 8.33. The first-order valence-electron chi connectivity index (χ1n) is 19.8. The van der Waals surface area contributed by atoms with E-state index in [2.05, 4.69) is 77.7 Å². The Morgan fingerprint density at radius 3 is 2.19 bits per heavy atom. The van der Waals surface area contributed by atoms with Gasteiger partial charge in [0.15, 0.2) is 23.0 Å². The first-order valence-corrected chi connectivity index (χ1v) is 19.8. The zero-order valence-corrected chi connectivity index (χ0v) is 33.4. The van der Waals surface area contributed by atoms with E-state index in [-0.39, 0.29) is 18.0 Å². The van der Waals surface area contributed by atoms with E-state index in [1.54, 1.807) is 45.6 Å². The lowest BCUT2D eigenvalue weighted by Crippen LogP contribution is -2.34. The van der Waals surface area contributed by atoms with E-state index in [1.165, 1.54) is 22.3 Å². The van der Waals surface area contributed by atoms with E-state index >= 15 is 0 Å². The lowest BCUT2D eigenvalue weighted by molar-refractivity contribution is 0.0951. The Bertz CT molecular complexity index is 2220. The van der Waals surface area contributed by atoms with Crippen molar-refractivity contribution in [2.45, 2.75) is 44.2 Å². The van der Waals surface area contributed by atoms with Crippen molar-refractivity contribution in [2.24, 2.45) is 0 Å².